The number of carbonyl (C=O) groups is 2. The first-order valence-electron chi connectivity index (χ1n) is 13.3. The Hall–Kier alpha value is -2.70. The van der Waals surface area contributed by atoms with Crippen LogP contribution in [-0.4, -0.2) is 44.6 Å². The van der Waals surface area contributed by atoms with Gasteiger partial charge in [0, 0.05) is 37.7 Å². The van der Waals surface area contributed by atoms with Crippen molar-refractivity contribution in [2.45, 2.75) is 84.6 Å². The fourth-order valence-electron chi connectivity index (χ4n) is 6.13. The Morgan fingerprint density at radius 1 is 1.09 bits per heavy atom. The molecule has 2 amide bonds. The quantitative estimate of drug-likeness (QED) is 0.611. The van der Waals surface area contributed by atoms with Crippen LogP contribution >= 0.6 is 0 Å². The molecule has 5 rings (SSSR count). The molecule has 0 unspecified atom stereocenters. The number of likely N-dealkylation sites (tertiary alicyclic amines) is 1. The van der Waals surface area contributed by atoms with Crippen LogP contribution in [0.3, 0.4) is 0 Å². The van der Waals surface area contributed by atoms with Crippen molar-refractivity contribution in [3.05, 3.63) is 41.0 Å². The molecule has 2 aliphatic carbocycles. The number of anilines is 1. The molecule has 7 nitrogen and oxygen atoms in total. The number of carbonyl (C=O) groups excluding carboxylic acids is 2. The van der Waals surface area contributed by atoms with Gasteiger partial charge in [-0.25, -0.2) is 0 Å². The minimum Gasteiger partial charge on any atom is -0.341 e. The summed E-state index contributed by atoms with van der Waals surface area (Å²) >= 11 is 0. The van der Waals surface area contributed by atoms with Gasteiger partial charge in [-0.05, 0) is 69.4 Å². The molecule has 0 radical (unpaired) electrons. The zero-order valence-corrected chi connectivity index (χ0v) is 21.8. The second-order valence-electron chi connectivity index (χ2n) is 11.6. The second kappa shape index (κ2) is 9.40. The number of amides is 2. The van der Waals surface area contributed by atoms with Crippen molar-refractivity contribution in [1.82, 2.24) is 19.7 Å². The maximum absolute atomic E-state index is 13.5. The molecule has 1 aromatic carbocycles. The first-order valence-corrected chi connectivity index (χ1v) is 13.3. The van der Waals surface area contributed by atoms with Gasteiger partial charge in [-0.1, -0.05) is 31.5 Å². The fraction of sp³-hybridized carbons (Fsp3) is 0.643. The van der Waals surface area contributed by atoms with Crippen LogP contribution in [0.5, 0.6) is 0 Å². The molecule has 3 fully saturated rings. The molecule has 1 N–H and O–H groups in total. The van der Waals surface area contributed by atoms with Gasteiger partial charge in [0.1, 0.15) is 11.6 Å². The van der Waals surface area contributed by atoms with E-state index in [0.29, 0.717) is 25.0 Å². The van der Waals surface area contributed by atoms with E-state index >= 15 is 0 Å². The fourth-order valence-corrected chi connectivity index (χ4v) is 6.13. The highest BCUT2D eigenvalue weighted by molar-refractivity contribution is 5.94. The molecule has 2 atom stereocenters. The van der Waals surface area contributed by atoms with Crippen molar-refractivity contribution in [3.63, 3.8) is 0 Å². The van der Waals surface area contributed by atoms with Crippen LogP contribution < -0.4 is 5.32 Å². The summed E-state index contributed by atoms with van der Waals surface area (Å²) < 4.78 is 2.36. The van der Waals surface area contributed by atoms with Gasteiger partial charge in [0.15, 0.2) is 0 Å². The molecule has 1 aromatic heterocycles. The van der Waals surface area contributed by atoms with E-state index in [1.54, 1.807) is 11.8 Å². The van der Waals surface area contributed by atoms with Gasteiger partial charge in [-0.3, -0.25) is 9.59 Å². The molecular formula is C28H39N5O2. The molecule has 2 saturated carbocycles. The van der Waals surface area contributed by atoms with E-state index in [4.69, 9.17) is 10.2 Å². The number of rotatable bonds is 7. The Labute approximate surface area is 208 Å². The largest absolute Gasteiger partial charge is 0.341 e. The average molecular weight is 478 g/mol. The van der Waals surface area contributed by atoms with Crippen molar-refractivity contribution >= 4 is 17.5 Å². The third-order valence-corrected chi connectivity index (χ3v) is 8.14. The third-order valence-electron chi connectivity index (χ3n) is 8.14. The summed E-state index contributed by atoms with van der Waals surface area (Å²) in [6.45, 7) is 11.2. The number of hydrogen-bond donors (Lipinski definition) is 1. The molecule has 188 valence electrons. The Morgan fingerprint density at radius 3 is 2.43 bits per heavy atom. The van der Waals surface area contributed by atoms with E-state index in [-0.39, 0.29) is 23.7 Å². The zero-order valence-electron chi connectivity index (χ0n) is 21.8. The minimum atomic E-state index is -0.343. The van der Waals surface area contributed by atoms with E-state index in [2.05, 4.69) is 29.8 Å². The highest BCUT2D eigenvalue weighted by atomic mass is 16.2. The van der Waals surface area contributed by atoms with Crippen LogP contribution in [-0.2, 0) is 9.59 Å². The predicted molar refractivity (Wildman–Crippen MR) is 136 cm³/mol. The maximum Gasteiger partial charge on any atom is 0.230 e. The molecule has 7 heteroatoms. The van der Waals surface area contributed by atoms with Crippen molar-refractivity contribution < 1.29 is 9.59 Å². The number of benzene rings is 1. The van der Waals surface area contributed by atoms with Crippen molar-refractivity contribution in [2.24, 2.45) is 17.8 Å². The lowest BCUT2D eigenvalue weighted by atomic mass is 9.71. The first kappa shape index (κ1) is 24.0. The lowest BCUT2D eigenvalue weighted by Crippen LogP contribution is -2.31. The van der Waals surface area contributed by atoms with Gasteiger partial charge >= 0.3 is 0 Å². The Bertz CT molecular complexity index is 1110. The topological polar surface area (TPSA) is 80.1 Å². The van der Waals surface area contributed by atoms with Crippen molar-refractivity contribution in [1.29, 1.82) is 0 Å². The zero-order chi connectivity index (χ0) is 24.9. The summed E-state index contributed by atoms with van der Waals surface area (Å²) in [7, 11) is 0. The molecule has 1 saturated heterocycles. The first-order chi connectivity index (χ1) is 16.7. The molecular weight excluding hydrogens is 438 g/mol. The molecule has 2 heterocycles. The van der Waals surface area contributed by atoms with Gasteiger partial charge in [0.2, 0.25) is 11.8 Å². The van der Waals surface area contributed by atoms with E-state index in [9.17, 15) is 9.59 Å². The van der Waals surface area contributed by atoms with Gasteiger partial charge in [0.05, 0.1) is 11.8 Å². The summed E-state index contributed by atoms with van der Waals surface area (Å²) in [5.41, 5.74) is 3.04. The Balaban J connectivity index is 1.40. The number of hydrogen-bond acceptors (Lipinski definition) is 4. The standard InChI is InChI=1S/C28H39N5O2/c1-16(2)10-20-12-21(13-20)26-30-31-27(33(26)22-7-8-22)23-14-32(19(5)34)15-24(23)28(35)29-25-9-6-17(3)11-18(25)4/h6,9,11,16,20-24H,7-8,10,12-15H2,1-5H3,(H,29,35)/t20?,21?,23-,24-/m0/s1. The van der Waals surface area contributed by atoms with E-state index in [1.807, 2.05) is 26.0 Å². The molecule has 0 bridgehead atoms. The summed E-state index contributed by atoms with van der Waals surface area (Å²) in [6, 6.07) is 6.49. The average Bonchev–Trinajstić information content (AvgIpc) is 3.35. The number of aromatic nitrogens is 3. The normalized spacial score (nSPS) is 26.2. The van der Waals surface area contributed by atoms with Crippen LogP contribution in [0.25, 0.3) is 0 Å². The summed E-state index contributed by atoms with van der Waals surface area (Å²) in [6.07, 6.45) is 5.93. The van der Waals surface area contributed by atoms with Crippen LogP contribution in [0, 0.1) is 31.6 Å². The predicted octanol–water partition coefficient (Wildman–Crippen LogP) is 4.97. The van der Waals surface area contributed by atoms with Gasteiger partial charge in [-0.15, -0.1) is 10.2 Å². The van der Waals surface area contributed by atoms with Gasteiger partial charge < -0.3 is 14.8 Å². The molecule has 1 aliphatic heterocycles. The Morgan fingerprint density at radius 2 is 1.80 bits per heavy atom. The van der Waals surface area contributed by atoms with Gasteiger partial charge in [0.25, 0.3) is 0 Å². The molecule has 0 spiro atoms. The van der Waals surface area contributed by atoms with Crippen LogP contribution in [0.1, 0.15) is 93.5 Å². The van der Waals surface area contributed by atoms with Crippen LogP contribution in [0.2, 0.25) is 0 Å². The minimum absolute atomic E-state index is 0.00467. The van der Waals surface area contributed by atoms with E-state index in [0.717, 1.165) is 47.6 Å². The van der Waals surface area contributed by atoms with Crippen molar-refractivity contribution in [3.8, 4) is 0 Å². The summed E-state index contributed by atoms with van der Waals surface area (Å²) in [5, 5.41) is 12.6. The van der Waals surface area contributed by atoms with Crippen LogP contribution in [0.15, 0.2) is 18.2 Å². The van der Waals surface area contributed by atoms with E-state index < -0.39 is 0 Å². The molecule has 2 aromatic rings. The lowest BCUT2D eigenvalue weighted by Gasteiger charge is -2.36. The Kier molecular flexibility index (Phi) is 6.45. The van der Waals surface area contributed by atoms with E-state index in [1.165, 1.54) is 24.8 Å². The number of nitrogens with zero attached hydrogens (tertiary/aromatic N) is 4. The summed E-state index contributed by atoms with van der Waals surface area (Å²) in [4.78, 5) is 27.7. The van der Waals surface area contributed by atoms with Crippen LogP contribution in [0.4, 0.5) is 5.69 Å². The maximum atomic E-state index is 13.5. The number of aryl methyl sites for hydroxylation is 2. The summed E-state index contributed by atoms with van der Waals surface area (Å²) in [5.74, 6) is 3.46. The lowest BCUT2D eigenvalue weighted by molar-refractivity contribution is -0.128. The monoisotopic (exact) mass is 477 g/mol. The van der Waals surface area contributed by atoms with Crippen molar-refractivity contribution in [2.75, 3.05) is 18.4 Å². The highest BCUT2D eigenvalue weighted by Gasteiger charge is 2.45. The molecule has 3 aliphatic rings. The third kappa shape index (κ3) is 4.87. The highest BCUT2D eigenvalue weighted by Crippen LogP contribution is 2.48. The van der Waals surface area contributed by atoms with Gasteiger partial charge in [-0.2, -0.15) is 0 Å². The molecule has 35 heavy (non-hydrogen) atoms. The number of nitrogens with one attached hydrogen (secondary N) is 1. The smallest absolute Gasteiger partial charge is 0.230 e. The second-order valence-corrected chi connectivity index (χ2v) is 11.6. The SMILES string of the molecule is CC(=O)N1C[C@H](C(=O)Nc2ccc(C)cc2C)[C@@H](c2nnc(C3CC(CC(C)C)C3)n2C2CC2)C1.